The van der Waals surface area contributed by atoms with Crippen molar-refractivity contribution in [3.63, 3.8) is 0 Å². The number of para-hydroxylation sites is 1. The van der Waals surface area contributed by atoms with E-state index in [1.807, 2.05) is 39.0 Å². The molecule has 0 unspecified atom stereocenters. The minimum atomic E-state index is -0.318. The van der Waals surface area contributed by atoms with E-state index in [9.17, 15) is 9.59 Å². The number of thiocarbonyl (C=S) groups is 1. The molecule has 1 aliphatic rings. The van der Waals surface area contributed by atoms with E-state index in [4.69, 9.17) is 12.2 Å². The summed E-state index contributed by atoms with van der Waals surface area (Å²) in [4.78, 5) is 26.4. The van der Waals surface area contributed by atoms with Crippen LogP contribution >= 0.6 is 24.0 Å². The molecule has 0 radical (unpaired) electrons. The number of rotatable bonds is 5. The monoisotopic (exact) mass is 379 g/mol. The van der Waals surface area contributed by atoms with E-state index >= 15 is 0 Å². The molecule has 1 atom stereocenters. The van der Waals surface area contributed by atoms with E-state index in [1.165, 1.54) is 11.8 Å². The number of amides is 2. The zero-order valence-electron chi connectivity index (χ0n) is 14.9. The highest BCUT2D eigenvalue weighted by Gasteiger charge is 2.21. The van der Waals surface area contributed by atoms with Gasteiger partial charge in [-0.25, -0.2) is 0 Å². The van der Waals surface area contributed by atoms with Crippen LogP contribution in [-0.4, -0.2) is 45.9 Å². The number of benzene rings is 1. The molecule has 0 saturated carbocycles. The molecule has 0 aromatic heterocycles. The lowest BCUT2D eigenvalue weighted by Gasteiger charge is -2.20. The molecular formula is C18H25N3O2S2. The van der Waals surface area contributed by atoms with Gasteiger partial charge in [0.2, 0.25) is 11.8 Å². The number of carbonyl (C=O) groups excluding carboxylic acids is 2. The number of nitrogens with one attached hydrogen (secondary N) is 2. The zero-order chi connectivity index (χ0) is 18.4. The van der Waals surface area contributed by atoms with Gasteiger partial charge in [-0.1, -0.05) is 42.2 Å². The predicted octanol–water partition coefficient (Wildman–Crippen LogP) is 2.86. The summed E-state index contributed by atoms with van der Waals surface area (Å²) in [6.45, 7) is 7.59. The second-order valence-corrected chi connectivity index (χ2v) is 8.23. The van der Waals surface area contributed by atoms with E-state index in [0.29, 0.717) is 0 Å². The maximum Gasteiger partial charge on any atom is 0.243 e. The standard InChI is InChI=1S/C18H25N3O2S2/c1-12-7-6-8-13(2)16(12)20-15(22)11-19-17(23)14(3)25-18(24)21-9-4-5-10-21/h6-8,14H,4-5,9-11H2,1-3H3,(H,19,23)(H,20,22)/t14-/m0/s1. The van der Waals surface area contributed by atoms with Crippen LogP contribution < -0.4 is 10.6 Å². The third-order valence-corrected chi connectivity index (χ3v) is 5.75. The lowest BCUT2D eigenvalue weighted by Crippen LogP contribution is -2.38. The topological polar surface area (TPSA) is 61.4 Å². The second kappa shape index (κ2) is 9.20. The number of hydrogen-bond acceptors (Lipinski definition) is 4. The van der Waals surface area contributed by atoms with E-state index < -0.39 is 0 Å². The van der Waals surface area contributed by atoms with Gasteiger partial charge in [0.1, 0.15) is 4.32 Å². The summed E-state index contributed by atoms with van der Waals surface area (Å²) < 4.78 is 0.764. The van der Waals surface area contributed by atoms with E-state index in [-0.39, 0.29) is 23.6 Å². The molecule has 1 aromatic rings. The number of aryl methyl sites for hydroxylation is 2. The lowest BCUT2D eigenvalue weighted by molar-refractivity contribution is -0.123. The van der Waals surface area contributed by atoms with Gasteiger partial charge in [-0.15, -0.1) is 0 Å². The number of thioether (sulfide) groups is 1. The fourth-order valence-electron chi connectivity index (χ4n) is 2.69. The summed E-state index contributed by atoms with van der Waals surface area (Å²) in [5.74, 6) is -0.409. The van der Waals surface area contributed by atoms with Crippen molar-refractivity contribution < 1.29 is 9.59 Å². The summed E-state index contributed by atoms with van der Waals surface area (Å²) in [5.41, 5.74) is 2.80. The van der Waals surface area contributed by atoms with Crippen molar-refractivity contribution in [1.82, 2.24) is 10.2 Å². The van der Waals surface area contributed by atoms with Crippen molar-refractivity contribution in [2.24, 2.45) is 0 Å². The summed E-state index contributed by atoms with van der Waals surface area (Å²) in [6.07, 6.45) is 2.31. The van der Waals surface area contributed by atoms with Crippen molar-refractivity contribution >= 4 is 45.8 Å². The first-order valence-corrected chi connectivity index (χ1v) is 9.76. The van der Waals surface area contributed by atoms with E-state index in [1.54, 1.807) is 0 Å². The molecule has 1 aromatic carbocycles. The zero-order valence-corrected chi connectivity index (χ0v) is 16.6. The molecule has 1 aliphatic heterocycles. The normalized spacial score (nSPS) is 14.9. The molecule has 1 heterocycles. The smallest absolute Gasteiger partial charge is 0.243 e. The van der Waals surface area contributed by atoms with Crippen LogP contribution in [0.5, 0.6) is 0 Å². The Morgan fingerprint density at radius 3 is 2.44 bits per heavy atom. The van der Waals surface area contributed by atoms with Crippen LogP contribution in [0.1, 0.15) is 30.9 Å². The van der Waals surface area contributed by atoms with Crippen LogP contribution in [0.2, 0.25) is 0 Å². The second-order valence-electron chi connectivity index (χ2n) is 6.25. The molecular weight excluding hydrogens is 354 g/mol. The highest BCUT2D eigenvalue weighted by atomic mass is 32.2. The lowest BCUT2D eigenvalue weighted by atomic mass is 10.1. The van der Waals surface area contributed by atoms with Gasteiger partial charge in [-0.2, -0.15) is 0 Å². The van der Waals surface area contributed by atoms with Crippen LogP contribution in [0.15, 0.2) is 18.2 Å². The van der Waals surface area contributed by atoms with Gasteiger partial charge in [-0.05, 0) is 44.7 Å². The number of carbonyl (C=O) groups is 2. The molecule has 5 nitrogen and oxygen atoms in total. The van der Waals surface area contributed by atoms with Crippen LogP contribution in [0, 0.1) is 13.8 Å². The van der Waals surface area contributed by atoms with Gasteiger partial charge in [-0.3, -0.25) is 9.59 Å². The Kier molecular flexibility index (Phi) is 7.25. The Morgan fingerprint density at radius 2 is 1.84 bits per heavy atom. The minimum absolute atomic E-state index is 0.0476. The quantitative estimate of drug-likeness (QED) is 0.771. The summed E-state index contributed by atoms with van der Waals surface area (Å²) in [7, 11) is 0. The van der Waals surface area contributed by atoms with Gasteiger partial charge in [0.25, 0.3) is 0 Å². The van der Waals surface area contributed by atoms with Crippen molar-refractivity contribution in [3.05, 3.63) is 29.3 Å². The molecule has 1 fully saturated rings. The summed E-state index contributed by atoms with van der Waals surface area (Å²) in [5, 5.41) is 5.23. The molecule has 136 valence electrons. The molecule has 0 spiro atoms. The molecule has 7 heteroatoms. The average molecular weight is 380 g/mol. The largest absolute Gasteiger partial charge is 0.358 e. The first-order valence-electron chi connectivity index (χ1n) is 8.48. The number of nitrogens with zero attached hydrogens (tertiary/aromatic N) is 1. The van der Waals surface area contributed by atoms with Crippen LogP contribution in [-0.2, 0) is 9.59 Å². The van der Waals surface area contributed by atoms with Crippen molar-refractivity contribution in [3.8, 4) is 0 Å². The minimum Gasteiger partial charge on any atom is -0.358 e. The van der Waals surface area contributed by atoms with Gasteiger partial charge in [0, 0.05) is 18.8 Å². The Labute approximate surface area is 158 Å². The molecule has 2 N–H and O–H groups in total. The first kappa shape index (κ1) is 19.7. The molecule has 1 saturated heterocycles. The van der Waals surface area contributed by atoms with Crippen LogP contribution in [0.4, 0.5) is 5.69 Å². The average Bonchev–Trinajstić information content (AvgIpc) is 3.10. The van der Waals surface area contributed by atoms with E-state index in [0.717, 1.165) is 47.1 Å². The maximum atomic E-state index is 12.2. The Balaban J connectivity index is 1.78. The highest BCUT2D eigenvalue weighted by molar-refractivity contribution is 8.23. The third kappa shape index (κ3) is 5.71. The number of likely N-dealkylation sites (tertiary alicyclic amines) is 1. The predicted molar refractivity (Wildman–Crippen MR) is 108 cm³/mol. The third-order valence-electron chi connectivity index (χ3n) is 4.18. The Bertz CT molecular complexity index is 637. The van der Waals surface area contributed by atoms with Gasteiger partial charge in [0.15, 0.2) is 0 Å². The number of hydrogen-bond donors (Lipinski definition) is 2. The Hall–Kier alpha value is -1.60. The molecule has 0 aliphatic carbocycles. The van der Waals surface area contributed by atoms with Gasteiger partial charge >= 0.3 is 0 Å². The number of anilines is 1. The van der Waals surface area contributed by atoms with Crippen molar-refractivity contribution in [2.45, 2.75) is 38.9 Å². The maximum absolute atomic E-state index is 12.2. The summed E-state index contributed by atoms with van der Waals surface area (Å²) in [6, 6.07) is 5.84. The fraction of sp³-hybridized carbons (Fsp3) is 0.500. The van der Waals surface area contributed by atoms with Crippen molar-refractivity contribution in [2.75, 3.05) is 25.0 Å². The molecule has 2 amide bonds. The SMILES string of the molecule is Cc1cccc(C)c1NC(=O)CNC(=O)[C@H](C)SC(=S)N1CCCC1. The van der Waals surface area contributed by atoms with Crippen molar-refractivity contribution in [1.29, 1.82) is 0 Å². The van der Waals surface area contributed by atoms with Crippen LogP contribution in [0.25, 0.3) is 0 Å². The first-order chi connectivity index (χ1) is 11.9. The van der Waals surface area contributed by atoms with Gasteiger partial charge in [0.05, 0.1) is 11.8 Å². The highest BCUT2D eigenvalue weighted by Crippen LogP contribution is 2.21. The van der Waals surface area contributed by atoms with Crippen LogP contribution in [0.3, 0.4) is 0 Å². The molecule has 2 rings (SSSR count). The molecule has 0 bridgehead atoms. The fourth-order valence-corrected chi connectivity index (χ4v) is 4.13. The summed E-state index contributed by atoms with van der Waals surface area (Å²) >= 11 is 6.77. The Morgan fingerprint density at radius 1 is 1.24 bits per heavy atom. The van der Waals surface area contributed by atoms with E-state index in [2.05, 4.69) is 15.5 Å². The molecule has 25 heavy (non-hydrogen) atoms. The van der Waals surface area contributed by atoms with Gasteiger partial charge < -0.3 is 15.5 Å².